The molecule has 0 fully saturated rings. The summed E-state index contributed by atoms with van der Waals surface area (Å²) in [5, 5.41) is 9.53. The second-order valence-electron chi connectivity index (χ2n) is 3.74. The van der Waals surface area contributed by atoms with Crippen LogP contribution >= 0.6 is 0 Å². The molecule has 0 saturated carbocycles. The van der Waals surface area contributed by atoms with E-state index in [4.69, 9.17) is 4.74 Å². The van der Waals surface area contributed by atoms with Crippen LogP contribution in [-0.4, -0.2) is 24.8 Å². The van der Waals surface area contributed by atoms with Crippen molar-refractivity contribution >= 4 is 5.97 Å². The second-order valence-corrected chi connectivity index (χ2v) is 3.74. The van der Waals surface area contributed by atoms with Crippen LogP contribution in [0, 0.1) is 0 Å². The van der Waals surface area contributed by atoms with Gasteiger partial charge in [-0.3, -0.25) is 4.79 Å². The van der Waals surface area contributed by atoms with Crippen LogP contribution in [0.2, 0.25) is 0 Å². The standard InChI is InChI=1S/C13H18O4/c1-10(14)11-6-3-4-7-12(11)17-9-5-8-13(15)16-2/h3-4,6-7,10,14H,5,8-9H2,1-2H3/t10-/m1/s1. The van der Waals surface area contributed by atoms with Gasteiger partial charge in [-0.25, -0.2) is 0 Å². The fourth-order valence-corrected chi connectivity index (χ4v) is 1.46. The summed E-state index contributed by atoms with van der Waals surface area (Å²) < 4.78 is 10.1. The molecule has 0 bridgehead atoms. The maximum atomic E-state index is 10.9. The third-order valence-electron chi connectivity index (χ3n) is 2.38. The van der Waals surface area contributed by atoms with E-state index in [1.165, 1.54) is 7.11 Å². The van der Waals surface area contributed by atoms with E-state index in [1.807, 2.05) is 18.2 Å². The number of aliphatic hydroxyl groups is 1. The summed E-state index contributed by atoms with van der Waals surface area (Å²) in [5.74, 6) is 0.421. The monoisotopic (exact) mass is 238 g/mol. The number of carbonyl (C=O) groups is 1. The largest absolute Gasteiger partial charge is 0.493 e. The fourth-order valence-electron chi connectivity index (χ4n) is 1.46. The lowest BCUT2D eigenvalue weighted by molar-refractivity contribution is -0.140. The normalized spacial score (nSPS) is 11.9. The zero-order valence-electron chi connectivity index (χ0n) is 10.2. The number of hydrogen-bond acceptors (Lipinski definition) is 4. The summed E-state index contributed by atoms with van der Waals surface area (Å²) >= 11 is 0. The van der Waals surface area contributed by atoms with Crippen LogP contribution in [-0.2, 0) is 9.53 Å². The number of ether oxygens (including phenoxy) is 2. The molecule has 1 atom stereocenters. The topological polar surface area (TPSA) is 55.8 Å². The van der Waals surface area contributed by atoms with Crippen LogP contribution in [0.5, 0.6) is 5.75 Å². The predicted molar refractivity (Wildman–Crippen MR) is 63.8 cm³/mol. The molecule has 1 N–H and O–H groups in total. The lowest BCUT2D eigenvalue weighted by atomic mass is 10.1. The van der Waals surface area contributed by atoms with E-state index in [0.29, 0.717) is 25.2 Å². The molecule has 0 spiro atoms. The van der Waals surface area contributed by atoms with Crippen molar-refractivity contribution in [2.24, 2.45) is 0 Å². The highest BCUT2D eigenvalue weighted by molar-refractivity contribution is 5.69. The number of carbonyl (C=O) groups excluding carboxylic acids is 1. The molecule has 1 rings (SSSR count). The van der Waals surface area contributed by atoms with Crippen molar-refractivity contribution in [2.45, 2.75) is 25.9 Å². The van der Waals surface area contributed by atoms with Gasteiger partial charge in [0.1, 0.15) is 5.75 Å². The summed E-state index contributed by atoms with van der Waals surface area (Å²) in [6.07, 6.45) is 0.376. The number of methoxy groups -OCH3 is 1. The molecule has 0 radical (unpaired) electrons. The minimum absolute atomic E-state index is 0.239. The molecule has 0 saturated heterocycles. The maximum absolute atomic E-state index is 10.9. The number of para-hydroxylation sites is 1. The lowest BCUT2D eigenvalue weighted by Gasteiger charge is -2.12. The SMILES string of the molecule is COC(=O)CCCOc1ccccc1[C@@H](C)O. The Hall–Kier alpha value is -1.55. The van der Waals surface area contributed by atoms with E-state index in [9.17, 15) is 9.90 Å². The van der Waals surface area contributed by atoms with E-state index >= 15 is 0 Å². The quantitative estimate of drug-likeness (QED) is 0.609. The van der Waals surface area contributed by atoms with Crippen LogP contribution in [0.4, 0.5) is 0 Å². The van der Waals surface area contributed by atoms with Crippen LogP contribution in [0.15, 0.2) is 24.3 Å². The minimum Gasteiger partial charge on any atom is -0.493 e. The van der Waals surface area contributed by atoms with Gasteiger partial charge in [-0.1, -0.05) is 18.2 Å². The predicted octanol–water partition coefficient (Wildman–Crippen LogP) is 2.07. The Morgan fingerprint density at radius 1 is 1.41 bits per heavy atom. The van der Waals surface area contributed by atoms with Crippen LogP contribution < -0.4 is 4.74 Å². The summed E-state index contributed by atoms with van der Waals surface area (Å²) in [7, 11) is 1.37. The van der Waals surface area contributed by atoms with Gasteiger partial charge in [0.05, 0.1) is 19.8 Å². The summed E-state index contributed by atoms with van der Waals surface area (Å²) in [4.78, 5) is 10.9. The van der Waals surface area contributed by atoms with Gasteiger partial charge in [0, 0.05) is 12.0 Å². The van der Waals surface area contributed by atoms with Gasteiger partial charge in [0.25, 0.3) is 0 Å². The van der Waals surface area contributed by atoms with Crippen molar-refractivity contribution in [3.05, 3.63) is 29.8 Å². The Kier molecular flexibility index (Phi) is 5.49. The van der Waals surface area contributed by atoms with Gasteiger partial charge in [0.15, 0.2) is 0 Å². The molecule has 4 nitrogen and oxygen atoms in total. The Morgan fingerprint density at radius 3 is 2.76 bits per heavy atom. The first-order valence-corrected chi connectivity index (χ1v) is 5.61. The number of benzene rings is 1. The van der Waals surface area contributed by atoms with E-state index in [1.54, 1.807) is 13.0 Å². The number of hydrogen-bond donors (Lipinski definition) is 1. The Morgan fingerprint density at radius 2 is 2.12 bits per heavy atom. The van der Waals surface area contributed by atoms with Crippen LogP contribution in [0.1, 0.15) is 31.4 Å². The maximum Gasteiger partial charge on any atom is 0.305 e. The smallest absolute Gasteiger partial charge is 0.305 e. The van der Waals surface area contributed by atoms with E-state index in [2.05, 4.69) is 4.74 Å². The van der Waals surface area contributed by atoms with E-state index in [-0.39, 0.29) is 5.97 Å². The molecule has 0 heterocycles. The molecule has 0 amide bonds. The summed E-state index contributed by atoms with van der Waals surface area (Å²) in [5.41, 5.74) is 0.755. The third-order valence-corrected chi connectivity index (χ3v) is 2.38. The molecular weight excluding hydrogens is 220 g/mol. The van der Waals surface area contributed by atoms with Crippen molar-refractivity contribution in [3.63, 3.8) is 0 Å². The van der Waals surface area contributed by atoms with Gasteiger partial charge < -0.3 is 14.6 Å². The Balaban J connectivity index is 2.44. The van der Waals surface area contributed by atoms with E-state index in [0.717, 1.165) is 5.56 Å². The van der Waals surface area contributed by atoms with Gasteiger partial charge in [-0.05, 0) is 19.4 Å². The average molecular weight is 238 g/mol. The first-order valence-electron chi connectivity index (χ1n) is 5.61. The second kappa shape index (κ2) is 6.91. The summed E-state index contributed by atoms with van der Waals surface area (Å²) in [6.45, 7) is 2.12. The Bertz CT molecular complexity index is 360. The number of rotatable bonds is 6. The molecule has 1 aromatic carbocycles. The molecule has 0 aromatic heterocycles. The molecule has 4 heteroatoms. The number of aliphatic hydroxyl groups excluding tert-OH is 1. The zero-order valence-corrected chi connectivity index (χ0v) is 10.2. The molecule has 17 heavy (non-hydrogen) atoms. The van der Waals surface area contributed by atoms with Gasteiger partial charge in [-0.2, -0.15) is 0 Å². The van der Waals surface area contributed by atoms with Gasteiger partial charge >= 0.3 is 5.97 Å². The highest BCUT2D eigenvalue weighted by Crippen LogP contribution is 2.24. The first kappa shape index (κ1) is 13.5. The molecular formula is C13H18O4. The molecule has 0 aliphatic carbocycles. The van der Waals surface area contributed by atoms with Crippen molar-refractivity contribution in [1.82, 2.24) is 0 Å². The van der Waals surface area contributed by atoms with Gasteiger partial charge in [0.2, 0.25) is 0 Å². The van der Waals surface area contributed by atoms with Gasteiger partial charge in [-0.15, -0.1) is 0 Å². The van der Waals surface area contributed by atoms with Crippen molar-refractivity contribution in [1.29, 1.82) is 0 Å². The van der Waals surface area contributed by atoms with Crippen molar-refractivity contribution in [3.8, 4) is 5.75 Å². The lowest BCUT2D eigenvalue weighted by Crippen LogP contribution is -2.06. The molecule has 1 aromatic rings. The van der Waals surface area contributed by atoms with Crippen molar-refractivity contribution < 1.29 is 19.4 Å². The van der Waals surface area contributed by atoms with Crippen LogP contribution in [0.3, 0.4) is 0 Å². The molecule has 0 unspecified atom stereocenters. The van der Waals surface area contributed by atoms with Crippen LogP contribution in [0.25, 0.3) is 0 Å². The first-order chi connectivity index (χ1) is 8.15. The Labute approximate surface area is 101 Å². The summed E-state index contributed by atoms with van der Waals surface area (Å²) in [6, 6.07) is 7.32. The third kappa shape index (κ3) is 4.44. The zero-order chi connectivity index (χ0) is 12.7. The highest BCUT2D eigenvalue weighted by Gasteiger charge is 2.08. The molecule has 94 valence electrons. The van der Waals surface area contributed by atoms with E-state index < -0.39 is 6.10 Å². The highest BCUT2D eigenvalue weighted by atomic mass is 16.5. The molecule has 0 aliphatic heterocycles. The number of esters is 1. The fraction of sp³-hybridized carbons (Fsp3) is 0.462. The molecule has 0 aliphatic rings. The van der Waals surface area contributed by atoms with Crippen molar-refractivity contribution in [2.75, 3.05) is 13.7 Å². The minimum atomic E-state index is -0.563. The average Bonchev–Trinajstić information content (AvgIpc) is 2.34.